The molecule has 0 saturated heterocycles. The van der Waals surface area contributed by atoms with E-state index >= 15 is 0 Å². The van der Waals surface area contributed by atoms with E-state index in [0.29, 0.717) is 17.8 Å². The van der Waals surface area contributed by atoms with Gasteiger partial charge in [0.1, 0.15) is 11.9 Å². The minimum absolute atomic E-state index is 0.0181. The number of methoxy groups -OCH3 is 2. The van der Waals surface area contributed by atoms with Crippen molar-refractivity contribution < 1.29 is 42.6 Å². The summed E-state index contributed by atoms with van der Waals surface area (Å²) in [5.74, 6) is -1.99. The molecule has 0 saturated carbocycles. The van der Waals surface area contributed by atoms with E-state index in [4.69, 9.17) is 18.6 Å². The highest BCUT2D eigenvalue weighted by atomic mass is 16.5. The molecule has 1 N–H and O–H groups in total. The van der Waals surface area contributed by atoms with E-state index in [2.05, 4.69) is 10.3 Å². The van der Waals surface area contributed by atoms with Crippen LogP contribution in [0.1, 0.15) is 65.0 Å². The molecule has 1 aromatic heterocycles. The van der Waals surface area contributed by atoms with Gasteiger partial charge < -0.3 is 23.9 Å². The maximum atomic E-state index is 13.6. The Morgan fingerprint density at radius 2 is 1.90 bits per heavy atom. The normalized spacial score (nSPS) is 23.8. The first kappa shape index (κ1) is 29.9. The largest absolute Gasteiger partial charge is 0.469 e. The highest BCUT2D eigenvalue weighted by Crippen LogP contribution is 2.38. The van der Waals surface area contributed by atoms with Crippen LogP contribution in [0.2, 0.25) is 0 Å². The summed E-state index contributed by atoms with van der Waals surface area (Å²) in [5, 5.41) is 2.70. The van der Waals surface area contributed by atoms with E-state index in [1.165, 1.54) is 26.5 Å². The number of amides is 1. The van der Waals surface area contributed by atoms with Gasteiger partial charge in [-0.15, -0.1) is 0 Å². The maximum absolute atomic E-state index is 13.6. The van der Waals surface area contributed by atoms with E-state index in [9.17, 15) is 24.0 Å². The average molecular weight is 545 g/mol. The van der Waals surface area contributed by atoms with Gasteiger partial charge in [0.05, 0.1) is 49.0 Å². The molecule has 0 bridgehead atoms. The van der Waals surface area contributed by atoms with Gasteiger partial charge in [0.25, 0.3) is 5.91 Å². The molecule has 3 atom stereocenters. The second-order valence-electron chi connectivity index (χ2n) is 10.9. The molecular formula is C28H36N2O9. The summed E-state index contributed by atoms with van der Waals surface area (Å²) in [7, 11) is 2.54. The number of ether oxygens (including phenoxy) is 3. The number of ketones is 2. The number of aryl methyl sites for hydroxylation is 1. The van der Waals surface area contributed by atoms with Gasteiger partial charge in [-0.2, -0.15) is 0 Å². The summed E-state index contributed by atoms with van der Waals surface area (Å²) in [6, 6.07) is 0. The quantitative estimate of drug-likeness (QED) is 0.363. The molecule has 0 fully saturated rings. The van der Waals surface area contributed by atoms with Crippen LogP contribution in [-0.2, 0) is 38.2 Å². The predicted molar refractivity (Wildman–Crippen MR) is 138 cm³/mol. The van der Waals surface area contributed by atoms with Crippen molar-refractivity contribution >= 4 is 35.0 Å². The number of carbonyl (C=O) groups excluding carboxylic acids is 5. The first-order chi connectivity index (χ1) is 18.2. The summed E-state index contributed by atoms with van der Waals surface area (Å²) in [4.78, 5) is 67.5. The second-order valence-corrected chi connectivity index (χ2v) is 10.9. The second kappa shape index (κ2) is 11.6. The molecule has 0 aromatic carbocycles. The zero-order valence-electron chi connectivity index (χ0n) is 23.5. The summed E-state index contributed by atoms with van der Waals surface area (Å²) < 4.78 is 21.5. The van der Waals surface area contributed by atoms with Gasteiger partial charge in [-0.25, -0.2) is 4.98 Å². The Hall–Kier alpha value is -3.60. The van der Waals surface area contributed by atoms with Crippen molar-refractivity contribution in [2.45, 2.75) is 72.0 Å². The Labute approximate surface area is 227 Å². The molecule has 3 unspecified atom stereocenters. The molecule has 0 radical (unpaired) electrons. The molecular weight excluding hydrogens is 508 g/mol. The van der Waals surface area contributed by atoms with Crippen molar-refractivity contribution in [2.75, 3.05) is 20.8 Å². The Morgan fingerprint density at radius 1 is 1.21 bits per heavy atom. The molecule has 212 valence electrons. The molecule has 2 aliphatic carbocycles. The summed E-state index contributed by atoms with van der Waals surface area (Å²) in [6.45, 7) is 8.61. The summed E-state index contributed by atoms with van der Waals surface area (Å²) in [6.07, 6.45) is 2.47. The fourth-order valence-electron chi connectivity index (χ4n) is 4.82. The predicted octanol–water partition coefficient (Wildman–Crippen LogP) is 2.66. The molecule has 0 spiro atoms. The number of rotatable bonds is 9. The molecule has 1 amide bonds. The SMILES string of the molecule is COC(=O)CC1=C(c2ncc(C)o2)C(=O)C(OC(C)(C)CNC(=O)C2=CC(C)(C(=O)OC)CCC2=O)CC1C. The van der Waals surface area contributed by atoms with Gasteiger partial charge in [-0.3, -0.25) is 24.0 Å². The van der Waals surface area contributed by atoms with Gasteiger partial charge >= 0.3 is 11.9 Å². The van der Waals surface area contributed by atoms with Gasteiger partial charge in [0.15, 0.2) is 11.6 Å². The molecule has 39 heavy (non-hydrogen) atoms. The summed E-state index contributed by atoms with van der Waals surface area (Å²) >= 11 is 0. The zero-order chi connectivity index (χ0) is 29.1. The van der Waals surface area contributed by atoms with Crippen molar-refractivity contribution in [1.29, 1.82) is 0 Å². The van der Waals surface area contributed by atoms with Crippen LogP contribution in [0, 0.1) is 18.3 Å². The third kappa shape index (κ3) is 6.70. The smallest absolute Gasteiger partial charge is 0.315 e. The van der Waals surface area contributed by atoms with Crippen LogP contribution in [0.4, 0.5) is 0 Å². The van der Waals surface area contributed by atoms with Crippen LogP contribution in [0.25, 0.3) is 5.57 Å². The highest BCUT2D eigenvalue weighted by molar-refractivity contribution is 6.24. The Balaban J connectivity index is 1.78. The lowest BCUT2D eigenvalue weighted by molar-refractivity contribution is -0.149. The Bertz CT molecular complexity index is 1240. The number of nitrogens with zero attached hydrogens (tertiary/aromatic N) is 1. The number of carbonyl (C=O) groups is 5. The maximum Gasteiger partial charge on any atom is 0.315 e. The van der Waals surface area contributed by atoms with Crippen LogP contribution in [0.5, 0.6) is 0 Å². The van der Waals surface area contributed by atoms with E-state index in [-0.39, 0.29) is 60.3 Å². The number of aromatic nitrogens is 1. The summed E-state index contributed by atoms with van der Waals surface area (Å²) in [5.41, 5.74) is -1.44. The van der Waals surface area contributed by atoms with Gasteiger partial charge in [0, 0.05) is 13.0 Å². The molecule has 11 heteroatoms. The van der Waals surface area contributed by atoms with E-state index in [1.807, 2.05) is 6.92 Å². The van der Waals surface area contributed by atoms with Crippen molar-refractivity contribution in [1.82, 2.24) is 10.3 Å². The van der Waals surface area contributed by atoms with E-state index < -0.39 is 35.0 Å². The van der Waals surface area contributed by atoms with Crippen molar-refractivity contribution in [3.05, 3.63) is 35.1 Å². The number of Topliss-reactive ketones (excluding diaryl/α,β-unsaturated/α-hetero) is 2. The Kier molecular flexibility index (Phi) is 8.94. The van der Waals surface area contributed by atoms with Crippen LogP contribution in [0.3, 0.4) is 0 Å². The van der Waals surface area contributed by atoms with Crippen LogP contribution < -0.4 is 5.32 Å². The lowest BCUT2D eigenvalue weighted by Gasteiger charge is -2.35. The lowest BCUT2D eigenvalue weighted by atomic mass is 9.77. The number of oxazole rings is 1. The first-order valence-corrected chi connectivity index (χ1v) is 12.8. The van der Waals surface area contributed by atoms with Crippen LogP contribution >= 0.6 is 0 Å². The molecule has 2 aliphatic rings. The molecule has 11 nitrogen and oxygen atoms in total. The van der Waals surface area contributed by atoms with Crippen molar-refractivity contribution in [3.8, 4) is 0 Å². The molecule has 3 rings (SSSR count). The minimum Gasteiger partial charge on any atom is -0.469 e. The topological polar surface area (TPSA) is 151 Å². The van der Waals surface area contributed by atoms with Gasteiger partial charge in [-0.05, 0) is 52.0 Å². The number of nitrogens with one attached hydrogen (secondary N) is 1. The number of hydrogen-bond acceptors (Lipinski definition) is 10. The van der Waals surface area contributed by atoms with E-state index in [1.54, 1.807) is 27.7 Å². The zero-order valence-corrected chi connectivity index (χ0v) is 23.5. The van der Waals surface area contributed by atoms with Crippen LogP contribution in [-0.4, -0.2) is 66.9 Å². The van der Waals surface area contributed by atoms with Gasteiger partial charge in [0.2, 0.25) is 5.89 Å². The Morgan fingerprint density at radius 3 is 2.49 bits per heavy atom. The van der Waals surface area contributed by atoms with Crippen LogP contribution in [0.15, 0.2) is 27.8 Å². The van der Waals surface area contributed by atoms with Crippen molar-refractivity contribution in [2.24, 2.45) is 11.3 Å². The molecule has 1 aromatic rings. The first-order valence-electron chi connectivity index (χ1n) is 12.8. The monoisotopic (exact) mass is 544 g/mol. The minimum atomic E-state index is -1.07. The standard InChI is InChI=1S/C28H36N2O9/c1-15-10-20(23(33)22(17(15)11-21(32)36-6)25-29-13-16(2)38-25)39-27(3,4)14-30-24(34)18-12-28(5,26(35)37-7)9-8-19(18)31/h12-13,15,20H,8-11,14H2,1-7H3,(H,30,34). The fourth-order valence-corrected chi connectivity index (χ4v) is 4.82. The number of esters is 2. The average Bonchev–Trinajstić information content (AvgIpc) is 3.31. The molecule has 0 aliphatic heterocycles. The third-order valence-corrected chi connectivity index (χ3v) is 7.09. The van der Waals surface area contributed by atoms with Crippen molar-refractivity contribution in [3.63, 3.8) is 0 Å². The highest BCUT2D eigenvalue weighted by Gasteiger charge is 2.42. The third-order valence-electron chi connectivity index (χ3n) is 7.09. The van der Waals surface area contributed by atoms with E-state index in [0.717, 1.165) is 0 Å². The molecule has 1 heterocycles. The lowest BCUT2D eigenvalue weighted by Crippen LogP contribution is -2.47. The fraction of sp³-hybridized carbons (Fsp3) is 0.571. The van der Waals surface area contributed by atoms with Gasteiger partial charge in [-0.1, -0.05) is 13.0 Å². The number of hydrogen-bond donors (Lipinski definition) is 1.